The van der Waals surface area contributed by atoms with Gasteiger partial charge in [-0.1, -0.05) is 146 Å². The Balaban J connectivity index is 0.000000157. The molecule has 0 spiro atoms. The number of benzene rings is 8. The molecule has 0 aliphatic rings. The van der Waals surface area contributed by atoms with Gasteiger partial charge in [0.25, 0.3) is 0 Å². The van der Waals surface area contributed by atoms with Gasteiger partial charge in [0.05, 0.1) is 23.9 Å². The number of hydrogen-bond acceptors (Lipinski definition) is 8. The average molecular weight is 892 g/mol. The molecule has 0 aliphatic carbocycles. The molecule has 0 saturated heterocycles. The van der Waals surface area contributed by atoms with Crippen LogP contribution in [-0.4, -0.2) is 51.2 Å². The van der Waals surface area contributed by atoms with E-state index in [0.29, 0.717) is 0 Å². The van der Waals surface area contributed by atoms with Crippen molar-refractivity contribution in [3.63, 3.8) is 0 Å². The first-order valence-corrected chi connectivity index (χ1v) is 15.9. The molecule has 9 heteroatoms. The van der Waals surface area contributed by atoms with Gasteiger partial charge in [-0.25, -0.2) is 0 Å². The van der Waals surface area contributed by atoms with Crippen LogP contribution in [0.4, 0.5) is 0 Å². The number of rotatable bonds is 4. The topological polar surface area (TPSA) is 161 Å². The Hall–Kier alpha value is -6.40. The molecule has 0 N–H and O–H groups in total. The molecule has 0 atom stereocenters. The van der Waals surface area contributed by atoms with Gasteiger partial charge in [0.15, 0.2) is 0 Å². The van der Waals surface area contributed by atoms with E-state index in [2.05, 4.69) is 0 Å². The number of carboxylic acids is 4. The zero-order valence-electron chi connectivity index (χ0n) is 27.9. The molecule has 0 unspecified atom stereocenters. The number of carbonyl (C=O) groups is 4. The summed E-state index contributed by atoms with van der Waals surface area (Å²) >= 11 is 0. The van der Waals surface area contributed by atoms with Gasteiger partial charge >= 0.3 is 27.3 Å². The van der Waals surface area contributed by atoms with Gasteiger partial charge in [0.1, 0.15) is 0 Å². The minimum Gasteiger partial charge on any atom is -0.545 e. The average Bonchev–Trinajstić information content (AvgIpc) is 3.17. The number of fused-ring (bicyclic) bond motifs is 4. The zero-order valence-corrected chi connectivity index (χ0v) is 31.8. The van der Waals surface area contributed by atoms with Gasteiger partial charge < -0.3 is 39.6 Å². The maximum Gasteiger partial charge on any atom is 4.00 e. The van der Waals surface area contributed by atoms with Crippen LogP contribution >= 0.6 is 0 Å². The van der Waals surface area contributed by atoms with Crippen molar-refractivity contribution in [2.45, 2.75) is 0 Å². The van der Waals surface area contributed by atoms with E-state index >= 15 is 0 Å². The second-order valence-electron chi connectivity index (χ2n) is 11.4. The molecule has 0 aliphatic heterocycles. The minimum absolute atomic E-state index is 0. The van der Waals surface area contributed by atoms with E-state index in [1.807, 2.05) is 97.1 Å². The van der Waals surface area contributed by atoms with Crippen molar-refractivity contribution in [1.29, 1.82) is 0 Å². The summed E-state index contributed by atoms with van der Waals surface area (Å²) in [5, 5.41) is 50.0. The predicted molar refractivity (Wildman–Crippen MR) is 199 cm³/mol. The molecular formula is C44H28O8Pb. The first-order valence-electron chi connectivity index (χ1n) is 15.9. The zero-order chi connectivity index (χ0) is 37.0. The predicted octanol–water partition coefficient (Wildman–Crippen LogP) is 4.43. The normalized spacial score (nSPS) is 9.96. The second kappa shape index (κ2) is 18.7. The Bertz CT molecular complexity index is 2210. The molecule has 8 rings (SSSR count). The molecular weight excluding hydrogens is 864 g/mol. The van der Waals surface area contributed by atoms with Crippen LogP contribution in [0.1, 0.15) is 41.4 Å². The third kappa shape index (κ3) is 10.8. The number of carbonyl (C=O) groups excluding carboxylic acids is 4. The fourth-order valence-corrected chi connectivity index (χ4v) is 5.27. The molecule has 8 aromatic rings. The van der Waals surface area contributed by atoms with Crippen molar-refractivity contribution in [2.75, 3.05) is 0 Å². The van der Waals surface area contributed by atoms with E-state index in [4.69, 9.17) is 0 Å². The molecule has 8 aromatic carbocycles. The summed E-state index contributed by atoms with van der Waals surface area (Å²) in [7, 11) is 0. The number of carboxylic acid groups (broad SMARTS) is 4. The smallest absolute Gasteiger partial charge is 0.545 e. The van der Waals surface area contributed by atoms with E-state index in [0.717, 1.165) is 43.1 Å². The molecule has 8 nitrogen and oxygen atoms in total. The standard InChI is InChI=1S/4C11H8O2.Pb/c4*12-11(13)10-6-5-8-3-1-2-4-9(8)7-10;/h4*1-7H,(H,12,13);/q;;;;+4/p-4. The first-order chi connectivity index (χ1) is 25.1. The van der Waals surface area contributed by atoms with Crippen LogP contribution < -0.4 is 20.4 Å². The van der Waals surface area contributed by atoms with Crippen LogP contribution in [0.5, 0.6) is 0 Å². The Labute approximate surface area is 324 Å². The van der Waals surface area contributed by atoms with Gasteiger partial charge in [-0.2, -0.15) is 0 Å². The largest absolute Gasteiger partial charge is 4.00 e. The van der Waals surface area contributed by atoms with Crippen LogP contribution in [0.2, 0.25) is 0 Å². The number of aromatic carboxylic acids is 4. The van der Waals surface area contributed by atoms with E-state index in [1.54, 1.807) is 72.8 Å². The quantitative estimate of drug-likeness (QED) is 0.235. The fourth-order valence-electron chi connectivity index (χ4n) is 5.27. The summed E-state index contributed by atoms with van der Waals surface area (Å²) in [5.74, 6) is -4.53. The Morgan fingerprint density at radius 2 is 0.434 bits per heavy atom. The molecule has 0 amide bonds. The van der Waals surface area contributed by atoms with Crippen LogP contribution in [0, 0.1) is 0 Å². The van der Waals surface area contributed by atoms with Crippen LogP contribution in [0.15, 0.2) is 170 Å². The summed E-state index contributed by atoms with van der Waals surface area (Å²) in [6, 6.07) is 50.2. The molecule has 0 aromatic heterocycles. The third-order valence-corrected chi connectivity index (χ3v) is 7.94. The third-order valence-electron chi connectivity index (χ3n) is 7.94. The van der Waals surface area contributed by atoms with Gasteiger partial charge in [0, 0.05) is 0 Å². The maximum atomic E-state index is 10.5. The Morgan fingerprint density at radius 3 is 0.604 bits per heavy atom. The monoisotopic (exact) mass is 892 g/mol. The van der Waals surface area contributed by atoms with Gasteiger partial charge in [0.2, 0.25) is 0 Å². The molecule has 0 fully saturated rings. The van der Waals surface area contributed by atoms with Crippen molar-refractivity contribution in [3.8, 4) is 0 Å². The Kier molecular flexibility index (Phi) is 13.9. The van der Waals surface area contributed by atoms with E-state index in [9.17, 15) is 39.6 Å². The molecule has 0 bridgehead atoms. The van der Waals surface area contributed by atoms with Crippen molar-refractivity contribution in [2.24, 2.45) is 0 Å². The van der Waals surface area contributed by atoms with Gasteiger partial charge in [-0.15, -0.1) is 0 Å². The van der Waals surface area contributed by atoms with Crippen molar-refractivity contribution >= 4 is 94.3 Å². The molecule has 0 saturated carbocycles. The summed E-state index contributed by atoms with van der Waals surface area (Å²) in [5.41, 5.74) is 0.884. The van der Waals surface area contributed by atoms with E-state index in [1.165, 1.54) is 0 Å². The van der Waals surface area contributed by atoms with E-state index in [-0.39, 0.29) is 49.6 Å². The van der Waals surface area contributed by atoms with Crippen LogP contribution in [0.25, 0.3) is 43.1 Å². The van der Waals surface area contributed by atoms with Crippen LogP contribution in [-0.2, 0) is 0 Å². The maximum absolute atomic E-state index is 10.5. The first kappa shape index (κ1) is 39.4. The summed E-state index contributed by atoms with van der Waals surface area (Å²) in [4.78, 5) is 42.1. The molecule has 0 radical (unpaired) electrons. The van der Waals surface area contributed by atoms with Gasteiger partial charge in [-0.3, -0.25) is 0 Å². The van der Waals surface area contributed by atoms with Crippen molar-refractivity contribution < 1.29 is 39.6 Å². The fraction of sp³-hybridized carbons (Fsp3) is 0. The summed E-state index contributed by atoms with van der Waals surface area (Å²) in [6.45, 7) is 0. The molecule has 0 heterocycles. The number of hydrogen-bond donors (Lipinski definition) is 0. The van der Waals surface area contributed by atoms with E-state index < -0.39 is 23.9 Å². The molecule has 53 heavy (non-hydrogen) atoms. The second-order valence-corrected chi connectivity index (χ2v) is 11.4. The SMILES string of the molecule is O=C([O-])c1ccc2ccccc2c1.O=C([O-])c1ccc2ccccc2c1.O=C([O-])c1ccc2ccccc2c1.O=C([O-])c1ccc2ccccc2c1.[Pb+4]. The minimum atomic E-state index is -1.13. The summed E-state index contributed by atoms with van der Waals surface area (Å²) in [6.07, 6.45) is 0. The molecule has 256 valence electrons. The van der Waals surface area contributed by atoms with Crippen LogP contribution in [0.3, 0.4) is 0 Å². The van der Waals surface area contributed by atoms with Gasteiger partial charge in [-0.05, 0) is 89.6 Å². The Morgan fingerprint density at radius 1 is 0.264 bits per heavy atom. The summed E-state index contributed by atoms with van der Waals surface area (Å²) < 4.78 is 0. The van der Waals surface area contributed by atoms with Crippen molar-refractivity contribution in [1.82, 2.24) is 0 Å². The van der Waals surface area contributed by atoms with Crippen molar-refractivity contribution in [3.05, 3.63) is 192 Å².